The van der Waals surface area contributed by atoms with E-state index in [2.05, 4.69) is 15.5 Å². The van der Waals surface area contributed by atoms with Gasteiger partial charge in [-0.25, -0.2) is 0 Å². The van der Waals surface area contributed by atoms with E-state index in [0.717, 1.165) is 30.9 Å². The van der Waals surface area contributed by atoms with Gasteiger partial charge in [0.2, 0.25) is 5.91 Å². The number of nitrogens with one attached hydrogen (secondary N) is 2. The van der Waals surface area contributed by atoms with E-state index >= 15 is 0 Å². The first-order valence-corrected chi connectivity index (χ1v) is 11.8. The van der Waals surface area contributed by atoms with E-state index in [1.807, 2.05) is 47.0 Å². The Hall–Kier alpha value is -2.48. The molecule has 2 aromatic rings. The lowest BCUT2D eigenvalue weighted by Gasteiger charge is -2.27. The van der Waals surface area contributed by atoms with Crippen LogP contribution in [0.15, 0.2) is 47.3 Å². The highest BCUT2D eigenvalue weighted by molar-refractivity contribution is 5.82. The average Bonchev–Trinajstić information content (AvgIpc) is 3.37. The van der Waals surface area contributed by atoms with Crippen molar-refractivity contribution >= 4 is 5.91 Å². The number of hydrogen-bond acceptors (Lipinski definition) is 5. The predicted molar refractivity (Wildman–Crippen MR) is 123 cm³/mol. The molecule has 0 spiro atoms. The van der Waals surface area contributed by atoms with E-state index in [4.69, 9.17) is 0 Å². The van der Waals surface area contributed by atoms with Gasteiger partial charge in [-0.05, 0) is 43.6 Å². The molecule has 0 unspecified atom stereocenters. The highest BCUT2D eigenvalue weighted by Crippen LogP contribution is 2.42. The molecular weight excluding hydrogens is 404 g/mol. The number of fused-ring (bicyclic) bond motifs is 3. The number of pyridine rings is 1. The van der Waals surface area contributed by atoms with E-state index in [9.17, 15) is 14.7 Å². The molecule has 1 aromatic carbocycles. The molecule has 2 saturated heterocycles. The zero-order chi connectivity index (χ0) is 22.1. The summed E-state index contributed by atoms with van der Waals surface area (Å²) in [5.41, 5.74) is 2.48. The van der Waals surface area contributed by atoms with Crippen molar-refractivity contribution in [1.82, 2.24) is 20.1 Å². The first-order chi connectivity index (χ1) is 15.7. The zero-order valence-corrected chi connectivity index (χ0v) is 18.4. The van der Waals surface area contributed by atoms with Gasteiger partial charge < -0.3 is 19.9 Å². The van der Waals surface area contributed by atoms with Crippen molar-refractivity contribution in [3.8, 4) is 11.1 Å². The molecule has 0 aliphatic carbocycles. The third-order valence-corrected chi connectivity index (χ3v) is 7.44. The molecule has 5 rings (SSSR count). The molecular formula is C25H32N4O3. The van der Waals surface area contributed by atoms with Gasteiger partial charge in [-0.3, -0.25) is 14.9 Å². The summed E-state index contributed by atoms with van der Waals surface area (Å²) in [4.78, 5) is 28.5. The lowest BCUT2D eigenvalue weighted by molar-refractivity contribution is -0.124. The molecule has 3 N–H and O–H groups in total. The van der Waals surface area contributed by atoms with E-state index in [-0.39, 0.29) is 36.0 Å². The number of carbonyl (C=O) groups is 1. The van der Waals surface area contributed by atoms with Crippen LogP contribution >= 0.6 is 0 Å². The molecule has 1 aromatic heterocycles. The molecule has 1 amide bonds. The summed E-state index contributed by atoms with van der Waals surface area (Å²) in [6.07, 6.45) is 3.77. The number of likely N-dealkylation sites (tertiary alicyclic amines) is 1. The monoisotopic (exact) mass is 436 g/mol. The Morgan fingerprint density at radius 2 is 1.88 bits per heavy atom. The Kier molecular flexibility index (Phi) is 6.13. The fraction of sp³-hybridized carbons (Fsp3) is 0.520. The van der Waals surface area contributed by atoms with Crippen molar-refractivity contribution in [1.29, 1.82) is 0 Å². The maximum absolute atomic E-state index is 13.2. The minimum Gasteiger partial charge on any atom is -0.396 e. The first-order valence-electron chi connectivity index (χ1n) is 11.8. The molecule has 32 heavy (non-hydrogen) atoms. The summed E-state index contributed by atoms with van der Waals surface area (Å²) in [5, 5.41) is 16.6. The van der Waals surface area contributed by atoms with Gasteiger partial charge in [0.25, 0.3) is 5.56 Å². The highest BCUT2D eigenvalue weighted by Gasteiger charge is 2.50. The summed E-state index contributed by atoms with van der Waals surface area (Å²) in [6, 6.07) is 13.0. The van der Waals surface area contributed by atoms with Gasteiger partial charge in [-0.1, -0.05) is 36.8 Å². The lowest BCUT2D eigenvalue weighted by atomic mass is 9.88. The second-order valence-electron chi connectivity index (χ2n) is 9.28. The minimum atomic E-state index is -0.436. The molecule has 0 bridgehead atoms. The number of aliphatic hydroxyl groups is 1. The van der Waals surface area contributed by atoms with Crippen molar-refractivity contribution in [2.24, 2.45) is 11.8 Å². The molecule has 170 valence electrons. The molecule has 4 heterocycles. The number of benzene rings is 1. The maximum Gasteiger partial charge on any atom is 0.258 e. The zero-order valence-electron chi connectivity index (χ0n) is 18.4. The van der Waals surface area contributed by atoms with Crippen molar-refractivity contribution in [3.63, 3.8) is 0 Å². The second kappa shape index (κ2) is 9.17. The van der Waals surface area contributed by atoms with E-state index in [1.165, 1.54) is 19.3 Å². The Morgan fingerprint density at radius 1 is 1.09 bits per heavy atom. The first kappa shape index (κ1) is 21.4. The molecule has 3 aliphatic heterocycles. The third kappa shape index (κ3) is 3.89. The van der Waals surface area contributed by atoms with Crippen molar-refractivity contribution < 1.29 is 9.90 Å². The van der Waals surface area contributed by atoms with Crippen molar-refractivity contribution in [2.45, 2.75) is 37.9 Å². The smallest absolute Gasteiger partial charge is 0.258 e. The quantitative estimate of drug-likeness (QED) is 0.637. The van der Waals surface area contributed by atoms with Gasteiger partial charge in [-0.15, -0.1) is 0 Å². The van der Waals surface area contributed by atoms with Crippen LogP contribution in [0, 0.1) is 11.8 Å². The summed E-state index contributed by atoms with van der Waals surface area (Å²) < 4.78 is 1.82. The predicted octanol–water partition coefficient (Wildman–Crippen LogP) is 1.37. The average molecular weight is 437 g/mol. The normalized spacial score (nSPS) is 27.2. The summed E-state index contributed by atoms with van der Waals surface area (Å²) in [6.45, 7) is 4.16. The Balaban J connectivity index is 1.28. The third-order valence-electron chi connectivity index (χ3n) is 7.44. The highest BCUT2D eigenvalue weighted by atomic mass is 16.3. The number of hydrogen-bond donors (Lipinski definition) is 3. The Bertz CT molecular complexity index is 1020. The standard InChI is InChI=1S/C25H32N4O3/c30-16-20-19-15-29-21(10-9-18(25(29)32)17-7-3-1-4-8-17)22(19)27-23(20)24(31)26-11-14-28-12-5-2-6-13-28/h1,3-4,7-10,19-20,22-23,27,30H,2,5-6,11-16H2,(H,26,31)/t19-,20-,22+,23-/m1/s1. The Labute approximate surface area is 188 Å². The Morgan fingerprint density at radius 3 is 2.62 bits per heavy atom. The number of nitrogens with zero attached hydrogens (tertiary/aromatic N) is 2. The van der Waals surface area contributed by atoms with Gasteiger partial charge in [0.1, 0.15) is 0 Å². The van der Waals surface area contributed by atoms with Crippen LogP contribution in [0.1, 0.15) is 31.0 Å². The van der Waals surface area contributed by atoms with Gasteiger partial charge in [-0.2, -0.15) is 0 Å². The number of piperidine rings is 1. The summed E-state index contributed by atoms with van der Waals surface area (Å²) in [5.74, 6) is -0.240. The largest absolute Gasteiger partial charge is 0.396 e. The van der Waals surface area contributed by atoms with Crippen LogP contribution in [-0.2, 0) is 11.3 Å². The molecule has 7 heteroatoms. The van der Waals surface area contributed by atoms with Crippen LogP contribution in [-0.4, -0.2) is 59.3 Å². The second-order valence-corrected chi connectivity index (χ2v) is 9.28. The van der Waals surface area contributed by atoms with Crippen molar-refractivity contribution in [2.75, 3.05) is 32.8 Å². The number of rotatable bonds is 6. The van der Waals surface area contributed by atoms with Crippen LogP contribution in [0.2, 0.25) is 0 Å². The molecule has 0 radical (unpaired) electrons. The van der Waals surface area contributed by atoms with Crippen LogP contribution in [0.25, 0.3) is 11.1 Å². The molecule has 0 saturated carbocycles. The van der Waals surface area contributed by atoms with Crippen LogP contribution in [0.3, 0.4) is 0 Å². The molecule has 2 fully saturated rings. The summed E-state index contributed by atoms with van der Waals surface area (Å²) in [7, 11) is 0. The molecule has 4 atom stereocenters. The summed E-state index contributed by atoms with van der Waals surface area (Å²) >= 11 is 0. The SMILES string of the molecule is O=C(NCCN1CCCCC1)[C@@H]1N[C@@H]2c3ccc(-c4ccccc4)c(=O)n3C[C@@H]2[C@H]1CO. The van der Waals surface area contributed by atoms with E-state index in [0.29, 0.717) is 18.7 Å². The van der Waals surface area contributed by atoms with E-state index in [1.54, 1.807) is 0 Å². The van der Waals surface area contributed by atoms with Gasteiger partial charge in [0, 0.05) is 49.3 Å². The van der Waals surface area contributed by atoms with E-state index < -0.39 is 6.04 Å². The number of amides is 1. The van der Waals surface area contributed by atoms with Crippen LogP contribution in [0.5, 0.6) is 0 Å². The molecule has 3 aliphatic rings. The number of aromatic nitrogens is 1. The lowest BCUT2D eigenvalue weighted by Crippen LogP contribution is -2.48. The van der Waals surface area contributed by atoms with Gasteiger partial charge in [0.05, 0.1) is 12.1 Å². The minimum absolute atomic E-state index is 0.0101. The maximum atomic E-state index is 13.2. The fourth-order valence-electron chi connectivity index (χ4n) is 5.72. The van der Waals surface area contributed by atoms with Gasteiger partial charge in [0.15, 0.2) is 0 Å². The topological polar surface area (TPSA) is 86.6 Å². The van der Waals surface area contributed by atoms with Crippen LogP contribution < -0.4 is 16.2 Å². The molecule has 7 nitrogen and oxygen atoms in total. The van der Waals surface area contributed by atoms with Crippen LogP contribution in [0.4, 0.5) is 0 Å². The fourth-order valence-corrected chi connectivity index (χ4v) is 5.72. The number of aliphatic hydroxyl groups excluding tert-OH is 1. The van der Waals surface area contributed by atoms with Gasteiger partial charge >= 0.3 is 0 Å². The number of carbonyl (C=O) groups excluding carboxylic acids is 1. The van der Waals surface area contributed by atoms with Crippen molar-refractivity contribution in [3.05, 3.63) is 58.5 Å².